The molecule has 0 unspecified atom stereocenters. The predicted octanol–water partition coefficient (Wildman–Crippen LogP) is 5.26. The minimum absolute atomic E-state index is 0.0530. The van der Waals surface area contributed by atoms with Crippen LogP contribution in [-0.2, 0) is 11.4 Å². The van der Waals surface area contributed by atoms with Crippen LogP contribution in [0.2, 0.25) is 0 Å². The van der Waals surface area contributed by atoms with E-state index in [0.29, 0.717) is 23.6 Å². The van der Waals surface area contributed by atoms with Crippen LogP contribution in [0.25, 0.3) is 6.08 Å². The van der Waals surface area contributed by atoms with E-state index in [1.807, 2.05) is 31.2 Å². The average molecular weight is 386 g/mol. The Balaban J connectivity index is 1.64. The van der Waals surface area contributed by atoms with Gasteiger partial charge in [0.05, 0.1) is 0 Å². The zero-order valence-corrected chi connectivity index (χ0v) is 15.9. The summed E-state index contributed by atoms with van der Waals surface area (Å²) in [4.78, 5) is 12.3. The van der Waals surface area contributed by atoms with Crippen molar-refractivity contribution >= 4 is 17.7 Å². The zero-order chi connectivity index (χ0) is 20.6. The molecule has 0 heterocycles. The van der Waals surface area contributed by atoms with Crippen molar-refractivity contribution < 1.29 is 13.9 Å². The predicted molar refractivity (Wildman–Crippen MR) is 111 cm³/mol. The summed E-state index contributed by atoms with van der Waals surface area (Å²) in [5.74, 6) is -0.263. The molecular formula is C24H19FN2O2. The number of halogens is 1. The Bertz CT molecular complexity index is 1070. The highest BCUT2D eigenvalue weighted by atomic mass is 19.1. The van der Waals surface area contributed by atoms with Crippen molar-refractivity contribution in [2.24, 2.45) is 0 Å². The van der Waals surface area contributed by atoms with Gasteiger partial charge in [-0.15, -0.1) is 0 Å². The molecule has 5 heteroatoms. The molecule has 0 atom stereocenters. The van der Waals surface area contributed by atoms with Crippen LogP contribution in [0.5, 0.6) is 5.75 Å². The van der Waals surface area contributed by atoms with Gasteiger partial charge in [-0.25, -0.2) is 4.39 Å². The molecule has 0 radical (unpaired) electrons. The Labute approximate surface area is 168 Å². The van der Waals surface area contributed by atoms with Crippen LogP contribution in [0.1, 0.15) is 16.7 Å². The topological polar surface area (TPSA) is 62.1 Å². The Hall–Kier alpha value is -3.91. The maximum atomic E-state index is 13.0. The van der Waals surface area contributed by atoms with Gasteiger partial charge in [-0.1, -0.05) is 42.0 Å². The van der Waals surface area contributed by atoms with E-state index in [0.717, 1.165) is 5.56 Å². The van der Waals surface area contributed by atoms with Crippen LogP contribution < -0.4 is 10.1 Å². The Morgan fingerprint density at radius 3 is 2.48 bits per heavy atom. The average Bonchev–Trinajstić information content (AvgIpc) is 2.73. The number of rotatable bonds is 6. The highest BCUT2D eigenvalue weighted by Crippen LogP contribution is 2.17. The maximum Gasteiger partial charge on any atom is 0.266 e. The standard InChI is InChI=1S/C24H19FN2O2/c1-17-3-2-4-19(13-17)16-29-23-11-5-18(6-12-23)14-20(15-26)24(28)27-22-9-7-21(25)8-10-22/h2-14H,16H2,1H3,(H,27,28)/b20-14+. The Kier molecular flexibility index (Phi) is 6.39. The number of nitrogens with zero attached hydrogens (tertiary/aromatic N) is 1. The van der Waals surface area contributed by atoms with Crippen molar-refractivity contribution in [1.82, 2.24) is 0 Å². The molecule has 1 amide bonds. The lowest BCUT2D eigenvalue weighted by atomic mass is 10.1. The van der Waals surface area contributed by atoms with Crippen molar-refractivity contribution in [3.63, 3.8) is 0 Å². The lowest BCUT2D eigenvalue weighted by molar-refractivity contribution is -0.112. The van der Waals surface area contributed by atoms with E-state index in [2.05, 4.69) is 11.4 Å². The van der Waals surface area contributed by atoms with Crippen LogP contribution in [-0.4, -0.2) is 5.91 Å². The van der Waals surface area contributed by atoms with Gasteiger partial charge < -0.3 is 10.1 Å². The van der Waals surface area contributed by atoms with E-state index in [9.17, 15) is 14.4 Å². The smallest absolute Gasteiger partial charge is 0.266 e. The number of anilines is 1. The molecule has 3 aromatic carbocycles. The molecule has 0 aliphatic rings. The van der Waals surface area contributed by atoms with E-state index in [-0.39, 0.29) is 5.57 Å². The first-order chi connectivity index (χ1) is 14.0. The van der Waals surface area contributed by atoms with E-state index >= 15 is 0 Å². The summed E-state index contributed by atoms with van der Waals surface area (Å²) in [6.45, 7) is 2.49. The minimum atomic E-state index is -0.557. The molecule has 0 bridgehead atoms. The minimum Gasteiger partial charge on any atom is -0.489 e. The van der Waals surface area contributed by atoms with Crippen molar-refractivity contribution in [1.29, 1.82) is 5.26 Å². The Morgan fingerprint density at radius 2 is 1.83 bits per heavy atom. The van der Waals surface area contributed by atoms with Crippen molar-refractivity contribution in [3.8, 4) is 11.8 Å². The van der Waals surface area contributed by atoms with E-state index in [1.54, 1.807) is 24.3 Å². The number of aryl methyl sites for hydroxylation is 1. The number of amides is 1. The fourth-order valence-electron chi connectivity index (χ4n) is 2.68. The van der Waals surface area contributed by atoms with Crippen LogP contribution >= 0.6 is 0 Å². The summed E-state index contributed by atoms with van der Waals surface area (Å²) in [6.07, 6.45) is 1.49. The van der Waals surface area contributed by atoms with Gasteiger partial charge in [-0.05, 0) is 60.5 Å². The summed E-state index contributed by atoms with van der Waals surface area (Å²) >= 11 is 0. The van der Waals surface area contributed by atoms with Gasteiger partial charge in [0.15, 0.2) is 0 Å². The monoisotopic (exact) mass is 386 g/mol. The molecule has 1 N–H and O–H groups in total. The van der Waals surface area contributed by atoms with Crippen LogP contribution in [0.4, 0.5) is 10.1 Å². The molecule has 3 aromatic rings. The third-order valence-corrected chi connectivity index (χ3v) is 4.15. The van der Waals surface area contributed by atoms with Crippen LogP contribution in [0.3, 0.4) is 0 Å². The first-order valence-electron chi connectivity index (χ1n) is 9.00. The highest BCUT2D eigenvalue weighted by molar-refractivity contribution is 6.09. The molecule has 4 nitrogen and oxygen atoms in total. The highest BCUT2D eigenvalue weighted by Gasteiger charge is 2.09. The number of carbonyl (C=O) groups excluding carboxylic acids is 1. The molecule has 0 saturated carbocycles. The van der Waals surface area contributed by atoms with Gasteiger partial charge in [-0.2, -0.15) is 5.26 Å². The zero-order valence-electron chi connectivity index (χ0n) is 15.9. The molecule has 29 heavy (non-hydrogen) atoms. The van der Waals surface area contributed by atoms with Gasteiger partial charge in [0.1, 0.15) is 29.8 Å². The summed E-state index contributed by atoms with van der Waals surface area (Å²) in [7, 11) is 0. The quantitative estimate of drug-likeness (QED) is 0.464. The van der Waals surface area contributed by atoms with Gasteiger partial charge in [0, 0.05) is 5.69 Å². The molecule has 0 saturated heterocycles. The lowest BCUT2D eigenvalue weighted by Gasteiger charge is -2.07. The second kappa shape index (κ2) is 9.34. The lowest BCUT2D eigenvalue weighted by Crippen LogP contribution is -2.13. The van der Waals surface area contributed by atoms with E-state index in [4.69, 9.17) is 4.74 Å². The molecule has 0 spiro atoms. The fraction of sp³-hybridized carbons (Fsp3) is 0.0833. The van der Waals surface area contributed by atoms with Gasteiger partial charge in [-0.3, -0.25) is 4.79 Å². The summed E-state index contributed by atoms with van der Waals surface area (Å²) < 4.78 is 18.7. The van der Waals surface area contributed by atoms with Crippen molar-refractivity contribution in [3.05, 3.63) is 101 Å². The molecule has 3 rings (SSSR count). The number of ether oxygens (including phenoxy) is 1. The van der Waals surface area contributed by atoms with Gasteiger partial charge in [0.25, 0.3) is 5.91 Å². The van der Waals surface area contributed by atoms with Crippen molar-refractivity contribution in [2.75, 3.05) is 5.32 Å². The van der Waals surface area contributed by atoms with Crippen LogP contribution in [0.15, 0.2) is 78.4 Å². The SMILES string of the molecule is Cc1cccc(COc2ccc(/C=C(\C#N)C(=O)Nc3ccc(F)cc3)cc2)c1. The largest absolute Gasteiger partial charge is 0.489 e. The van der Waals surface area contributed by atoms with Crippen molar-refractivity contribution in [2.45, 2.75) is 13.5 Å². The molecular weight excluding hydrogens is 367 g/mol. The molecule has 0 fully saturated rings. The molecule has 144 valence electrons. The van der Waals surface area contributed by atoms with E-state index < -0.39 is 11.7 Å². The molecule has 0 aliphatic heterocycles. The second-order valence-corrected chi connectivity index (χ2v) is 6.48. The summed E-state index contributed by atoms with van der Waals surface area (Å²) in [5.41, 5.74) is 3.31. The Morgan fingerprint density at radius 1 is 1.10 bits per heavy atom. The summed E-state index contributed by atoms with van der Waals surface area (Å²) in [5, 5.41) is 11.9. The van der Waals surface area contributed by atoms with Crippen LogP contribution in [0, 0.1) is 24.1 Å². The number of nitrogens with one attached hydrogen (secondary N) is 1. The fourth-order valence-corrected chi connectivity index (χ4v) is 2.68. The van der Waals surface area contributed by atoms with Gasteiger partial charge >= 0.3 is 0 Å². The summed E-state index contributed by atoms with van der Waals surface area (Å²) in [6, 6.07) is 22.4. The molecule has 0 aromatic heterocycles. The second-order valence-electron chi connectivity index (χ2n) is 6.48. The maximum absolute atomic E-state index is 13.0. The number of carbonyl (C=O) groups is 1. The third-order valence-electron chi connectivity index (χ3n) is 4.15. The first kappa shape index (κ1) is 19.8. The number of benzene rings is 3. The molecule has 0 aliphatic carbocycles. The third kappa shape index (κ3) is 5.78. The number of hydrogen-bond donors (Lipinski definition) is 1. The first-order valence-corrected chi connectivity index (χ1v) is 9.00. The van der Waals surface area contributed by atoms with Gasteiger partial charge in [0.2, 0.25) is 0 Å². The normalized spacial score (nSPS) is 10.9. The number of nitriles is 1. The number of hydrogen-bond acceptors (Lipinski definition) is 3. The van der Waals surface area contributed by atoms with E-state index in [1.165, 1.54) is 35.9 Å².